The van der Waals surface area contributed by atoms with Crippen LogP contribution < -0.4 is 22.7 Å². The molecule has 0 radical (unpaired) electrons. The quantitative estimate of drug-likeness (QED) is 0.502. The molecule has 0 saturated heterocycles. The summed E-state index contributed by atoms with van der Waals surface area (Å²) in [5.74, 6) is 0.724. The molecular weight excluding hydrogens is 400 g/mol. The van der Waals surface area contributed by atoms with Crippen molar-refractivity contribution in [3.05, 3.63) is 107 Å². The van der Waals surface area contributed by atoms with Crippen molar-refractivity contribution in [2.45, 2.75) is 19.5 Å². The van der Waals surface area contributed by atoms with Crippen LogP contribution in [0.4, 0.5) is 0 Å². The molecule has 4 heteroatoms. The van der Waals surface area contributed by atoms with Crippen LogP contribution in [0, 0.1) is 6.92 Å². The van der Waals surface area contributed by atoms with Crippen LogP contribution in [-0.4, -0.2) is 16.2 Å². The topological polar surface area (TPSA) is 46.1 Å². The molecule has 0 saturated carbocycles. The van der Waals surface area contributed by atoms with Crippen molar-refractivity contribution in [2.24, 2.45) is 5.73 Å². The van der Waals surface area contributed by atoms with Gasteiger partial charge in [0.1, 0.15) is 6.54 Å². The van der Waals surface area contributed by atoms with Gasteiger partial charge in [-0.2, -0.15) is 0 Å². The van der Waals surface area contributed by atoms with Crippen LogP contribution in [0.2, 0.25) is 0 Å². The van der Waals surface area contributed by atoms with Crippen molar-refractivity contribution in [1.29, 1.82) is 0 Å². The van der Waals surface area contributed by atoms with E-state index in [4.69, 9.17) is 5.73 Å². The van der Waals surface area contributed by atoms with Gasteiger partial charge in [-0.25, -0.2) is 4.58 Å². The van der Waals surface area contributed by atoms with E-state index in [0.717, 1.165) is 22.3 Å². The predicted molar refractivity (Wildman–Crippen MR) is 103 cm³/mol. The zero-order valence-corrected chi connectivity index (χ0v) is 16.7. The number of nitrogens with zero attached hydrogens (tertiary/aromatic N) is 1. The van der Waals surface area contributed by atoms with Gasteiger partial charge < -0.3 is 17.0 Å². The van der Waals surface area contributed by atoms with Gasteiger partial charge in [0.2, 0.25) is 5.78 Å². The monoisotopic (exact) mass is 420 g/mol. The predicted octanol–water partition coefficient (Wildman–Crippen LogP) is 0.855. The lowest BCUT2D eigenvalue weighted by Gasteiger charge is -2.17. The van der Waals surface area contributed by atoms with Crippen LogP contribution in [0.5, 0.6) is 0 Å². The molecule has 0 fully saturated rings. The van der Waals surface area contributed by atoms with Crippen molar-refractivity contribution >= 4 is 11.6 Å². The van der Waals surface area contributed by atoms with Gasteiger partial charge in [0.15, 0.2) is 6.04 Å². The third kappa shape index (κ3) is 3.58. The molecule has 1 aliphatic rings. The van der Waals surface area contributed by atoms with Crippen molar-refractivity contribution in [1.82, 2.24) is 0 Å². The van der Waals surface area contributed by atoms with E-state index in [2.05, 4.69) is 6.07 Å². The summed E-state index contributed by atoms with van der Waals surface area (Å²) in [6.45, 7) is 2.66. The van der Waals surface area contributed by atoms with E-state index in [1.807, 2.05) is 84.3 Å². The first-order valence-corrected chi connectivity index (χ1v) is 8.78. The highest BCUT2D eigenvalue weighted by Gasteiger charge is 2.35. The summed E-state index contributed by atoms with van der Waals surface area (Å²) >= 11 is 0. The van der Waals surface area contributed by atoms with Gasteiger partial charge in [-0.15, -0.1) is 0 Å². The first-order valence-electron chi connectivity index (χ1n) is 8.78. The maximum atomic E-state index is 13.4. The van der Waals surface area contributed by atoms with Gasteiger partial charge in [-0.05, 0) is 13.0 Å². The van der Waals surface area contributed by atoms with Crippen LogP contribution in [-0.2, 0) is 6.54 Å². The van der Waals surface area contributed by atoms with Crippen LogP contribution in [0.25, 0.3) is 0 Å². The Kier molecular flexibility index (Phi) is 5.57. The van der Waals surface area contributed by atoms with Gasteiger partial charge in [0.05, 0.1) is 5.56 Å². The number of nitrogens with two attached hydrogens (primary N) is 1. The van der Waals surface area contributed by atoms with Gasteiger partial charge in [-0.3, -0.25) is 10.5 Å². The Bertz CT molecular complexity index is 994. The maximum absolute atomic E-state index is 13.4. The van der Waals surface area contributed by atoms with Crippen LogP contribution in [0.1, 0.15) is 38.7 Å². The zero-order valence-electron chi connectivity index (χ0n) is 15.1. The number of ketones is 1. The molecule has 3 nitrogen and oxygen atoms in total. The molecule has 0 aliphatic carbocycles. The summed E-state index contributed by atoms with van der Waals surface area (Å²) in [4.78, 5) is 13.4. The van der Waals surface area contributed by atoms with Crippen LogP contribution in [0.15, 0.2) is 78.9 Å². The highest BCUT2D eigenvalue weighted by atomic mass is 79.9. The second-order valence-corrected chi connectivity index (χ2v) is 6.71. The molecular formula is C23H21BrN2O. The molecule has 136 valence electrons. The number of benzene rings is 3. The maximum Gasteiger partial charge on any atom is 0.276 e. The number of halogens is 1. The highest BCUT2D eigenvalue weighted by Crippen LogP contribution is 2.28. The Morgan fingerprint density at radius 2 is 1.56 bits per heavy atom. The molecule has 1 atom stereocenters. The molecule has 3 aromatic carbocycles. The molecule has 4 rings (SSSR count). The zero-order chi connectivity index (χ0) is 18.1. The molecule has 1 aliphatic heterocycles. The number of fused-ring (bicyclic) bond motifs is 1. The summed E-state index contributed by atoms with van der Waals surface area (Å²) in [7, 11) is 0. The minimum atomic E-state index is -0.439. The van der Waals surface area contributed by atoms with E-state index in [1.54, 1.807) is 0 Å². The standard InChI is InChI=1S/C23H20N2O.BrH/c1-16-11-13-18(14-12-16)22(26)21(17-7-3-2-4-8-17)25-15-19-9-5-6-10-20(19)23(25)24;/h2-14,21,24H,15H2,1H3;1H. The second-order valence-electron chi connectivity index (χ2n) is 6.71. The number of carbonyl (C=O) groups excluding carboxylic acids is 1. The largest absolute Gasteiger partial charge is 1.00 e. The van der Waals surface area contributed by atoms with Crippen LogP contribution >= 0.6 is 0 Å². The fourth-order valence-corrected chi connectivity index (χ4v) is 3.55. The summed E-state index contributed by atoms with van der Waals surface area (Å²) in [6.07, 6.45) is 0. The Morgan fingerprint density at radius 1 is 0.926 bits per heavy atom. The number of rotatable bonds is 4. The first-order chi connectivity index (χ1) is 12.6. The van der Waals surface area contributed by atoms with Gasteiger partial charge in [0, 0.05) is 16.7 Å². The van der Waals surface area contributed by atoms with E-state index >= 15 is 0 Å². The molecule has 1 unspecified atom stereocenters. The number of hydrogen-bond acceptors (Lipinski definition) is 2. The van der Waals surface area contributed by atoms with Gasteiger partial charge in [0.25, 0.3) is 5.84 Å². The minimum absolute atomic E-state index is 0. The van der Waals surface area contributed by atoms with E-state index < -0.39 is 6.04 Å². The molecule has 3 aromatic rings. The lowest BCUT2D eigenvalue weighted by atomic mass is 9.96. The van der Waals surface area contributed by atoms with E-state index in [1.165, 1.54) is 0 Å². The molecule has 0 bridgehead atoms. The Balaban J connectivity index is 0.00000210. The molecule has 27 heavy (non-hydrogen) atoms. The van der Waals surface area contributed by atoms with Gasteiger partial charge >= 0.3 is 0 Å². The first kappa shape index (κ1) is 19.1. The fraction of sp³-hybridized carbons (Fsp3) is 0.130. The molecule has 2 N–H and O–H groups in total. The molecule has 0 spiro atoms. The number of amidine groups is 1. The number of carbonyl (C=O) groups is 1. The van der Waals surface area contributed by atoms with Crippen LogP contribution in [0.3, 0.4) is 0 Å². The lowest BCUT2D eigenvalue weighted by Crippen LogP contribution is -3.00. The van der Waals surface area contributed by atoms with Crippen molar-refractivity contribution in [3.8, 4) is 0 Å². The highest BCUT2D eigenvalue weighted by molar-refractivity contribution is 6.02. The SMILES string of the molecule is Cc1ccc(C(=O)C(c2ccccc2)[N+]2=C(N)c3ccccc3C2)cc1.[Br-]. The second kappa shape index (κ2) is 7.89. The molecule has 1 heterocycles. The smallest absolute Gasteiger partial charge is 0.276 e. The summed E-state index contributed by atoms with van der Waals surface area (Å²) < 4.78 is 2.02. The summed E-state index contributed by atoms with van der Waals surface area (Å²) in [5.41, 5.74) is 11.4. The Labute approximate surface area is 169 Å². The average Bonchev–Trinajstić information content (AvgIpc) is 3.00. The Hall–Kier alpha value is -2.72. The van der Waals surface area contributed by atoms with E-state index in [0.29, 0.717) is 17.9 Å². The number of aryl methyl sites for hydroxylation is 1. The number of Topliss-reactive ketones (excluding diaryl/α,β-unsaturated/α-hetero) is 1. The third-order valence-corrected chi connectivity index (χ3v) is 4.95. The third-order valence-electron chi connectivity index (χ3n) is 4.95. The fourth-order valence-electron chi connectivity index (χ4n) is 3.55. The summed E-state index contributed by atoms with van der Waals surface area (Å²) in [6, 6.07) is 25.2. The lowest BCUT2D eigenvalue weighted by molar-refractivity contribution is -0.568. The van der Waals surface area contributed by atoms with Crippen molar-refractivity contribution in [3.63, 3.8) is 0 Å². The molecule has 0 aromatic heterocycles. The average molecular weight is 421 g/mol. The van der Waals surface area contributed by atoms with Crippen molar-refractivity contribution in [2.75, 3.05) is 0 Å². The Morgan fingerprint density at radius 3 is 2.22 bits per heavy atom. The summed E-state index contributed by atoms with van der Waals surface area (Å²) in [5, 5.41) is 0. The van der Waals surface area contributed by atoms with Gasteiger partial charge in [-0.1, -0.05) is 78.4 Å². The number of hydrogen-bond donors (Lipinski definition) is 1. The molecule has 0 amide bonds. The van der Waals surface area contributed by atoms with Crippen molar-refractivity contribution < 1.29 is 26.4 Å². The minimum Gasteiger partial charge on any atom is -1.00 e. The normalized spacial score (nSPS) is 13.7. The van der Waals surface area contributed by atoms with E-state index in [-0.39, 0.29) is 22.8 Å². The van der Waals surface area contributed by atoms with E-state index in [9.17, 15) is 4.79 Å².